The lowest BCUT2D eigenvalue weighted by atomic mass is 9.91. The largest absolute Gasteiger partial charge is 0.481 e. The van der Waals surface area contributed by atoms with Crippen molar-refractivity contribution >= 4 is 11.9 Å². The van der Waals surface area contributed by atoms with Crippen LogP contribution in [0, 0.1) is 5.92 Å². The van der Waals surface area contributed by atoms with Gasteiger partial charge in [-0.05, 0) is 32.2 Å². The fourth-order valence-electron chi connectivity index (χ4n) is 1.72. The number of rotatable bonds is 10. The molecule has 100 valence electrons. The Morgan fingerprint density at radius 1 is 1.06 bits per heavy atom. The molecule has 2 atom stereocenters. The van der Waals surface area contributed by atoms with Gasteiger partial charge in [0, 0.05) is 12.5 Å². The third-order valence-corrected chi connectivity index (χ3v) is 2.73. The van der Waals surface area contributed by atoms with Crippen LogP contribution in [-0.4, -0.2) is 34.7 Å². The zero-order chi connectivity index (χ0) is 13.3. The lowest BCUT2D eigenvalue weighted by molar-refractivity contribution is -0.143. The molecule has 0 bridgehead atoms. The first-order valence-electron chi connectivity index (χ1n) is 5.89. The maximum Gasteiger partial charge on any atom is 0.308 e. The van der Waals surface area contributed by atoms with Gasteiger partial charge in [-0.25, -0.2) is 0 Å². The van der Waals surface area contributed by atoms with Crippen LogP contribution in [0.2, 0.25) is 0 Å². The molecule has 6 N–H and O–H groups in total. The first-order valence-corrected chi connectivity index (χ1v) is 5.89. The Bertz CT molecular complexity index is 246. The number of nitrogens with two attached hydrogens (primary N) is 2. The average Bonchev–Trinajstić information content (AvgIpc) is 2.23. The van der Waals surface area contributed by atoms with E-state index in [-0.39, 0.29) is 6.42 Å². The second kappa shape index (κ2) is 8.95. The standard InChI is InChI=1S/C11H22N2O4/c12-7-2-1-5-9(13)8(11(16)17)4-3-6-10(14)15/h8-9H,1-7,12-13H2,(H,14,15)(H,16,17). The summed E-state index contributed by atoms with van der Waals surface area (Å²) in [7, 11) is 0. The second-order valence-corrected chi connectivity index (χ2v) is 4.18. The molecule has 0 aliphatic heterocycles. The SMILES string of the molecule is NCCCCC(N)C(CCCC(=O)O)C(=O)O. The van der Waals surface area contributed by atoms with E-state index in [1.807, 2.05) is 0 Å². The fraction of sp³-hybridized carbons (Fsp3) is 0.818. The summed E-state index contributed by atoms with van der Waals surface area (Å²) in [5.41, 5.74) is 11.1. The Balaban J connectivity index is 4.03. The maximum absolute atomic E-state index is 11.0. The van der Waals surface area contributed by atoms with Crippen molar-refractivity contribution in [3.05, 3.63) is 0 Å². The van der Waals surface area contributed by atoms with Crippen LogP contribution >= 0.6 is 0 Å². The highest BCUT2D eigenvalue weighted by Crippen LogP contribution is 2.16. The van der Waals surface area contributed by atoms with Gasteiger partial charge in [0.15, 0.2) is 0 Å². The van der Waals surface area contributed by atoms with Crippen molar-refractivity contribution in [2.45, 2.75) is 44.6 Å². The predicted molar refractivity (Wildman–Crippen MR) is 63.5 cm³/mol. The molecule has 0 heterocycles. The van der Waals surface area contributed by atoms with Crippen molar-refractivity contribution in [2.75, 3.05) is 6.54 Å². The Hall–Kier alpha value is -1.14. The molecule has 0 aromatic rings. The molecule has 0 aliphatic rings. The summed E-state index contributed by atoms with van der Waals surface area (Å²) in [4.78, 5) is 21.3. The van der Waals surface area contributed by atoms with Gasteiger partial charge in [-0.3, -0.25) is 9.59 Å². The molecule has 0 aliphatic carbocycles. The average molecular weight is 246 g/mol. The van der Waals surface area contributed by atoms with Gasteiger partial charge in [0.1, 0.15) is 0 Å². The molecular formula is C11H22N2O4. The third kappa shape index (κ3) is 7.70. The minimum absolute atomic E-state index is 0.0146. The van der Waals surface area contributed by atoms with Crippen LogP contribution in [0.1, 0.15) is 38.5 Å². The molecule has 0 spiro atoms. The van der Waals surface area contributed by atoms with Crippen LogP contribution in [0.4, 0.5) is 0 Å². The number of carboxylic acids is 2. The van der Waals surface area contributed by atoms with E-state index in [0.29, 0.717) is 25.8 Å². The number of carbonyl (C=O) groups is 2. The van der Waals surface area contributed by atoms with E-state index in [1.54, 1.807) is 0 Å². The number of hydrogen-bond acceptors (Lipinski definition) is 4. The van der Waals surface area contributed by atoms with E-state index in [4.69, 9.17) is 21.7 Å². The molecule has 0 radical (unpaired) electrons. The maximum atomic E-state index is 11.0. The van der Waals surface area contributed by atoms with E-state index >= 15 is 0 Å². The minimum atomic E-state index is -0.948. The van der Waals surface area contributed by atoms with Crippen LogP contribution in [-0.2, 0) is 9.59 Å². The van der Waals surface area contributed by atoms with Crippen molar-refractivity contribution in [3.8, 4) is 0 Å². The van der Waals surface area contributed by atoms with Gasteiger partial charge in [-0.2, -0.15) is 0 Å². The lowest BCUT2D eigenvalue weighted by Gasteiger charge is -2.19. The summed E-state index contributed by atoms with van der Waals surface area (Å²) in [6.07, 6.45) is 2.89. The zero-order valence-corrected chi connectivity index (χ0v) is 9.97. The number of unbranched alkanes of at least 4 members (excludes halogenated alkanes) is 1. The number of hydrogen-bond donors (Lipinski definition) is 4. The zero-order valence-electron chi connectivity index (χ0n) is 9.97. The molecule has 6 nitrogen and oxygen atoms in total. The monoisotopic (exact) mass is 246 g/mol. The van der Waals surface area contributed by atoms with Crippen LogP contribution in [0.3, 0.4) is 0 Å². The van der Waals surface area contributed by atoms with Crippen molar-refractivity contribution in [1.29, 1.82) is 0 Å². The third-order valence-electron chi connectivity index (χ3n) is 2.73. The van der Waals surface area contributed by atoms with Crippen molar-refractivity contribution in [2.24, 2.45) is 17.4 Å². The van der Waals surface area contributed by atoms with Gasteiger partial charge in [-0.15, -0.1) is 0 Å². The molecule has 0 fully saturated rings. The van der Waals surface area contributed by atoms with Crippen molar-refractivity contribution in [3.63, 3.8) is 0 Å². The molecular weight excluding hydrogens is 224 g/mol. The summed E-state index contributed by atoms with van der Waals surface area (Å²) in [6, 6.07) is -0.423. The Kier molecular flexibility index (Phi) is 8.35. The molecule has 0 rings (SSSR count). The first kappa shape index (κ1) is 15.9. The van der Waals surface area contributed by atoms with E-state index in [1.165, 1.54) is 0 Å². The molecule has 6 heteroatoms. The topological polar surface area (TPSA) is 127 Å². The summed E-state index contributed by atoms with van der Waals surface area (Å²) >= 11 is 0. The summed E-state index contributed by atoms with van der Waals surface area (Å²) in [5.74, 6) is -2.52. The smallest absolute Gasteiger partial charge is 0.308 e. The molecule has 17 heavy (non-hydrogen) atoms. The van der Waals surface area contributed by atoms with E-state index < -0.39 is 23.9 Å². The first-order chi connectivity index (χ1) is 7.99. The summed E-state index contributed by atoms with van der Waals surface area (Å²) in [6.45, 7) is 0.573. The molecule has 0 saturated heterocycles. The fourth-order valence-corrected chi connectivity index (χ4v) is 1.72. The normalized spacial score (nSPS) is 14.2. The second-order valence-electron chi connectivity index (χ2n) is 4.18. The van der Waals surface area contributed by atoms with Crippen LogP contribution in [0.15, 0.2) is 0 Å². The van der Waals surface area contributed by atoms with Gasteiger partial charge in [0.2, 0.25) is 0 Å². The minimum Gasteiger partial charge on any atom is -0.481 e. The Morgan fingerprint density at radius 2 is 1.71 bits per heavy atom. The molecule has 0 amide bonds. The van der Waals surface area contributed by atoms with E-state index in [2.05, 4.69) is 0 Å². The highest BCUT2D eigenvalue weighted by atomic mass is 16.4. The Morgan fingerprint density at radius 3 is 2.18 bits per heavy atom. The van der Waals surface area contributed by atoms with E-state index in [0.717, 1.165) is 12.8 Å². The molecule has 0 aromatic heterocycles. The highest BCUT2D eigenvalue weighted by Gasteiger charge is 2.24. The van der Waals surface area contributed by atoms with Crippen molar-refractivity contribution < 1.29 is 19.8 Å². The van der Waals surface area contributed by atoms with Gasteiger partial charge < -0.3 is 21.7 Å². The van der Waals surface area contributed by atoms with Crippen LogP contribution in [0.25, 0.3) is 0 Å². The van der Waals surface area contributed by atoms with E-state index in [9.17, 15) is 9.59 Å². The predicted octanol–water partition coefficient (Wildman–Crippen LogP) is 0.398. The highest BCUT2D eigenvalue weighted by molar-refractivity contribution is 5.71. The molecule has 0 saturated carbocycles. The van der Waals surface area contributed by atoms with Gasteiger partial charge in [0.05, 0.1) is 5.92 Å². The number of carboxylic acid groups (broad SMARTS) is 2. The van der Waals surface area contributed by atoms with Gasteiger partial charge in [0.25, 0.3) is 0 Å². The van der Waals surface area contributed by atoms with Gasteiger partial charge >= 0.3 is 11.9 Å². The van der Waals surface area contributed by atoms with Crippen LogP contribution < -0.4 is 11.5 Å². The Labute approximate surface area is 101 Å². The lowest BCUT2D eigenvalue weighted by Crippen LogP contribution is -2.35. The quantitative estimate of drug-likeness (QED) is 0.413. The summed E-state index contributed by atoms with van der Waals surface area (Å²) < 4.78 is 0. The summed E-state index contributed by atoms with van der Waals surface area (Å²) in [5, 5.41) is 17.5. The van der Waals surface area contributed by atoms with Gasteiger partial charge in [-0.1, -0.05) is 6.42 Å². The molecule has 2 unspecified atom stereocenters. The molecule has 0 aromatic carbocycles. The number of aliphatic carboxylic acids is 2. The van der Waals surface area contributed by atoms with Crippen molar-refractivity contribution in [1.82, 2.24) is 0 Å². The van der Waals surface area contributed by atoms with Crippen LogP contribution in [0.5, 0.6) is 0 Å².